The number of anilines is 2. The maximum absolute atomic E-state index is 5.74. The first-order chi connectivity index (χ1) is 10.6. The summed E-state index contributed by atoms with van der Waals surface area (Å²) in [6, 6.07) is 3.78. The van der Waals surface area contributed by atoms with Gasteiger partial charge in [0.1, 0.15) is 18.0 Å². The van der Waals surface area contributed by atoms with E-state index in [2.05, 4.69) is 38.6 Å². The van der Waals surface area contributed by atoms with Gasteiger partial charge in [0.15, 0.2) is 5.65 Å². The molecule has 0 aliphatic carbocycles. The molecule has 1 fully saturated rings. The minimum Gasteiger partial charge on any atom is -0.384 e. The first-order valence-corrected chi connectivity index (χ1v) is 7.98. The number of rotatable bonds is 4. The first kappa shape index (κ1) is 15.0. The number of fused-ring (bicyclic) bond motifs is 1. The Balaban J connectivity index is 1.71. The molecule has 0 saturated carbocycles. The van der Waals surface area contributed by atoms with Gasteiger partial charge >= 0.3 is 0 Å². The molecule has 6 nitrogen and oxygen atoms in total. The Hall–Kier alpha value is -1.95. The van der Waals surface area contributed by atoms with Crippen LogP contribution in [0.1, 0.15) is 20.3 Å². The molecule has 22 heavy (non-hydrogen) atoms. The summed E-state index contributed by atoms with van der Waals surface area (Å²) in [5.41, 5.74) is 6.41. The average molecular weight is 300 g/mol. The molecule has 118 valence electrons. The monoisotopic (exact) mass is 300 g/mol. The lowest BCUT2D eigenvalue weighted by Crippen LogP contribution is -2.47. The topological polar surface area (TPSA) is 71.2 Å². The number of hydrogen-bond donors (Lipinski definition) is 1. The number of hydrogen-bond acceptors (Lipinski definition) is 6. The number of piperazine rings is 1. The standard InChI is InChI=1S/C16H24N6/c1-12(2)5-6-21-7-9-22(10-8-21)16-13-3-4-14(17)20-15(13)18-11-19-16/h3-4,11-12H,5-10H2,1-2H3,(H2,17,18,19,20). The number of nitrogens with two attached hydrogens (primary N) is 1. The van der Waals surface area contributed by atoms with Crippen LogP contribution in [0.3, 0.4) is 0 Å². The minimum absolute atomic E-state index is 0.496. The molecular formula is C16H24N6. The highest BCUT2D eigenvalue weighted by Gasteiger charge is 2.20. The molecule has 0 atom stereocenters. The van der Waals surface area contributed by atoms with Gasteiger partial charge in [-0.3, -0.25) is 4.90 Å². The number of aromatic nitrogens is 3. The second-order valence-electron chi connectivity index (χ2n) is 6.32. The van der Waals surface area contributed by atoms with Gasteiger partial charge in [0, 0.05) is 26.2 Å². The van der Waals surface area contributed by atoms with Crippen molar-refractivity contribution in [1.29, 1.82) is 0 Å². The van der Waals surface area contributed by atoms with Gasteiger partial charge in [-0.1, -0.05) is 13.8 Å². The Labute approximate surface area is 131 Å². The van der Waals surface area contributed by atoms with Crippen LogP contribution in [-0.2, 0) is 0 Å². The van der Waals surface area contributed by atoms with E-state index in [4.69, 9.17) is 5.73 Å². The third kappa shape index (κ3) is 3.27. The Morgan fingerprint density at radius 2 is 1.91 bits per heavy atom. The normalized spacial score (nSPS) is 16.6. The number of nitrogen functional groups attached to an aromatic ring is 1. The molecule has 1 aliphatic rings. The van der Waals surface area contributed by atoms with Crippen molar-refractivity contribution in [3.8, 4) is 0 Å². The Bertz CT molecular complexity index is 634. The van der Waals surface area contributed by atoms with Crippen molar-refractivity contribution in [3.05, 3.63) is 18.5 Å². The van der Waals surface area contributed by atoms with Crippen molar-refractivity contribution in [3.63, 3.8) is 0 Å². The van der Waals surface area contributed by atoms with Crippen LogP contribution in [0.15, 0.2) is 18.5 Å². The van der Waals surface area contributed by atoms with E-state index >= 15 is 0 Å². The fraction of sp³-hybridized carbons (Fsp3) is 0.562. The van der Waals surface area contributed by atoms with E-state index in [0.717, 1.165) is 43.3 Å². The first-order valence-electron chi connectivity index (χ1n) is 7.98. The van der Waals surface area contributed by atoms with Gasteiger partial charge in [0.2, 0.25) is 0 Å². The van der Waals surface area contributed by atoms with Gasteiger partial charge in [-0.2, -0.15) is 0 Å². The van der Waals surface area contributed by atoms with Gasteiger partial charge in [-0.05, 0) is 31.0 Å². The molecule has 0 radical (unpaired) electrons. The number of pyridine rings is 1. The van der Waals surface area contributed by atoms with Crippen LogP contribution in [0.4, 0.5) is 11.6 Å². The highest BCUT2D eigenvalue weighted by atomic mass is 15.3. The van der Waals surface area contributed by atoms with Crippen LogP contribution < -0.4 is 10.6 Å². The average Bonchev–Trinajstić information content (AvgIpc) is 2.52. The van der Waals surface area contributed by atoms with Gasteiger partial charge in [0.05, 0.1) is 5.39 Å². The summed E-state index contributed by atoms with van der Waals surface area (Å²) in [7, 11) is 0. The van der Waals surface area contributed by atoms with Crippen molar-refractivity contribution in [2.45, 2.75) is 20.3 Å². The molecule has 6 heteroatoms. The summed E-state index contributed by atoms with van der Waals surface area (Å²) in [5, 5.41) is 0.979. The zero-order valence-electron chi connectivity index (χ0n) is 13.4. The van der Waals surface area contributed by atoms with Crippen molar-refractivity contribution < 1.29 is 0 Å². The predicted octanol–water partition coefficient (Wildman–Crippen LogP) is 1.78. The fourth-order valence-corrected chi connectivity index (χ4v) is 2.82. The molecular weight excluding hydrogens is 276 g/mol. The predicted molar refractivity (Wildman–Crippen MR) is 89.9 cm³/mol. The Morgan fingerprint density at radius 3 is 2.64 bits per heavy atom. The van der Waals surface area contributed by atoms with E-state index in [0.29, 0.717) is 11.5 Å². The Kier molecular flexibility index (Phi) is 4.38. The van der Waals surface area contributed by atoms with Gasteiger partial charge in [0.25, 0.3) is 0 Å². The number of nitrogens with zero attached hydrogens (tertiary/aromatic N) is 5. The molecule has 3 heterocycles. The lowest BCUT2D eigenvalue weighted by atomic mass is 10.1. The van der Waals surface area contributed by atoms with Crippen molar-refractivity contribution in [1.82, 2.24) is 19.9 Å². The smallest absolute Gasteiger partial charge is 0.166 e. The zero-order chi connectivity index (χ0) is 15.5. The summed E-state index contributed by atoms with van der Waals surface area (Å²) in [5.74, 6) is 2.23. The van der Waals surface area contributed by atoms with Crippen LogP contribution in [0.2, 0.25) is 0 Å². The molecule has 0 bridgehead atoms. The molecule has 2 aromatic heterocycles. The second-order valence-corrected chi connectivity index (χ2v) is 6.32. The fourth-order valence-electron chi connectivity index (χ4n) is 2.82. The molecule has 0 unspecified atom stereocenters. The highest BCUT2D eigenvalue weighted by molar-refractivity contribution is 5.87. The van der Waals surface area contributed by atoms with Crippen molar-refractivity contribution in [2.24, 2.45) is 5.92 Å². The quantitative estimate of drug-likeness (QED) is 0.928. The van der Waals surface area contributed by atoms with E-state index in [-0.39, 0.29) is 0 Å². The lowest BCUT2D eigenvalue weighted by Gasteiger charge is -2.36. The van der Waals surface area contributed by atoms with Crippen molar-refractivity contribution >= 4 is 22.7 Å². The lowest BCUT2D eigenvalue weighted by molar-refractivity contribution is 0.243. The molecule has 0 aromatic carbocycles. The molecule has 2 aromatic rings. The SMILES string of the molecule is CC(C)CCN1CCN(c2ncnc3nc(N)ccc23)CC1. The largest absolute Gasteiger partial charge is 0.384 e. The third-order valence-corrected chi connectivity index (χ3v) is 4.19. The zero-order valence-corrected chi connectivity index (χ0v) is 13.4. The maximum Gasteiger partial charge on any atom is 0.166 e. The van der Waals surface area contributed by atoms with E-state index in [1.165, 1.54) is 13.0 Å². The maximum atomic E-state index is 5.74. The summed E-state index contributed by atoms with van der Waals surface area (Å²) in [6.45, 7) is 9.91. The molecule has 1 saturated heterocycles. The van der Waals surface area contributed by atoms with E-state index in [1.54, 1.807) is 6.33 Å². The van der Waals surface area contributed by atoms with E-state index in [1.807, 2.05) is 12.1 Å². The highest BCUT2D eigenvalue weighted by Crippen LogP contribution is 2.23. The van der Waals surface area contributed by atoms with E-state index < -0.39 is 0 Å². The van der Waals surface area contributed by atoms with Gasteiger partial charge in [-0.15, -0.1) is 0 Å². The van der Waals surface area contributed by atoms with Crippen LogP contribution >= 0.6 is 0 Å². The third-order valence-electron chi connectivity index (χ3n) is 4.19. The molecule has 1 aliphatic heterocycles. The van der Waals surface area contributed by atoms with Crippen LogP contribution in [0.25, 0.3) is 11.0 Å². The van der Waals surface area contributed by atoms with E-state index in [9.17, 15) is 0 Å². The van der Waals surface area contributed by atoms with Crippen LogP contribution in [-0.4, -0.2) is 52.6 Å². The summed E-state index contributed by atoms with van der Waals surface area (Å²) < 4.78 is 0. The van der Waals surface area contributed by atoms with Gasteiger partial charge in [-0.25, -0.2) is 15.0 Å². The van der Waals surface area contributed by atoms with Crippen molar-refractivity contribution in [2.75, 3.05) is 43.4 Å². The minimum atomic E-state index is 0.496. The summed E-state index contributed by atoms with van der Waals surface area (Å²) in [6.07, 6.45) is 2.84. The molecule has 3 rings (SSSR count). The van der Waals surface area contributed by atoms with Crippen LogP contribution in [0.5, 0.6) is 0 Å². The Morgan fingerprint density at radius 1 is 1.14 bits per heavy atom. The molecule has 0 amide bonds. The molecule has 0 spiro atoms. The van der Waals surface area contributed by atoms with Gasteiger partial charge < -0.3 is 10.6 Å². The summed E-state index contributed by atoms with van der Waals surface area (Å²) in [4.78, 5) is 17.8. The van der Waals surface area contributed by atoms with Crippen LogP contribution in [0, 0.1) is 5.92 Å². The summed E-state index contributed by atoms with van der Waals surface area (Å²) >= 11 is 0. The molecule has 2 N–H and O–H groups in total. The second kappa shape index (κ2) is 6.44.